The van der Waals surface area contributed by atoms with Gasteiger partial charge in [-0.05, 0) is 118 Å². The van der Waals surface area contributed by atoms with Crippen LogP contribution in [-0.4, -0.2) is 0 Å². The Bertz CT molecular complexity index is 2930. The Labute approximate surface area is 353 Å². The molecule has 0 amide bonds. The van der Waals surface area contributed by atoms with Crippen molar-refractivity contribution in [1.82, 2.24) is 0 Å². The van der Waals surface area contributed by atoms with Crippen LogP contribution in [-0.2, 0) is 0 Å². The molecule has 0 atom stereocenters. The Morgan fingerprint density at radius 1 is 0.250 bits per heavy atom. The molecule has 8 aromatic carbocycles. The first kappa shape index (κ1) is 36.5. The standard InChI is InChI=1S/C60H42/c1-2-12-47(13-3-1)54-39-34-48(32-30-43-22-26-45(27-23-43)40-59-55-18-8-4-14-49(55)35-36-50-15-5-9-19-56(50)59)53(42-54)33-31-44-24-28-46(29-25-44)41-60-57-20-10-6-16-51(57)37-38-52-17-7-11-21-58(52)60/h1-42H. The summed E-state index contributed by atoms with van der Waals surface area (Å²) in [6, 6.07) is 69.7. The third-order valence-corrected chi connectivity index (χ3v) is 11.5. The fraction of sp³-hybridized carbons (Fsp3) is 0. The van der Waals surface area contributed by atoms with Crippen molar-refractivity contribution in [2.45, 2.75) is 0 Å². The van der Waals surface area contributed by atoms with E-state index in [-0.39, 0.29) is 0 Å². The predicted molar refractivity (Wildman–Crippen MR) is 260 cm³/mol. The van der Waals surface area contributed by atoms with Crippen LogP contribution in [0, 0.1) is 0 Å². The molecule has 0 nitrogen and oxygen atoms in total. The maximum absolute atomic E-state index is 2.32. The molecule has 0 fully saturated rings. The van der Waals surface area contributed by atoms with Gasteiger partial charge in [0.05, 0.1) is 0 Å². The summed E-state index contributed by atoms with van der Waals surface area (Å²) in [5, 5.41) is 0. The lowest BCUT2D eigenvalue weighted by Gasteiger charge is -2.12. The zero-order valence-electron chi connectivity index (χ0n) is 33.2. The van der Waals surface area contributed by atoms with Crippen LogP contribution in [0.15, 0.2) is 194 Å². The van der Waals surface area contributed by atoms with E-state index in [1.165, 1.54) is 83.5 Å². The molecular formula is C60H42. The van der Waals surface area contributed by atoms with Crippen LogP contribution in [0.2, 0.25) is 0 Å². The fourth-order valence-corrected chi connectivity index (χ4v) is 8.30. The van der Waals surface area contributed by atoms with Crippen LogP contribution in [0.3, 0.4) is 0 Å². The largest absolute Gasteiger partial charge is 0.0622 e. The van der Waals surface area contributed by atoms with Gasteiger partial charge >= 0.3 is 0 Å². The molecule has 60 heavy (non-hydrogen) atoms. The minimum Gasteiger partial charge on any atom is -0.0622 e. The van der Waals surface area contributed by atoms with E-state index < -0.39 is 0 Å². The van der Waals surface area contributed by atoms with Crippen LogP contribution in [0.4, 0.5) is 0 Å². The minimum atomic E-state index is 1.15. The SMILES string of the molecule is C(=Cc1ccc(-c2ccccc2)cc1C=Cc1ccc(C=C2c3ccccc3C=Cc3ccccc32)cc1)c1ccc(C=C2c3ccccc3C=Cc3ccccc32)cc1. The van der Waals surface area contributed by atoms with Gasteiger partial charge in [0.1, 0.15) is 0 Å². The second-order valence-corrected chi connectivity index (χ2v) is 15.3. The van der Waals surface area contributed by atoms with Crippen LogP contribution in [0.1, 0.15) is 77.9 Å². The number of rotatable bonds is 7. The molecule has 0 bridgehead atoms. The van der Waals surface area contributed by atoms with E-state index in [4.69, 9.17) is 0 Å². The van der Waals surface area contributed by atoms with Crippen molar-refractivity contribution in [2.24, 2.45) is 0 Å². The Kier molecular flexibility index (Phi) is 10.1. The lowest BCUT2D eigenvalue weighted by atomic mass is 9.92. The molecule has 0 N–H and O–H groups in total. The molecule has 0 saturated heterocycles. The van der Waals surface area contributed by atoms with E-state index in [1.807, 2.05) is 0 Å². The molecule has 282 valence electrons. The van der Waals surface area contributed by atoms with Crippen LogP contribution in [0.25, 0.3) is 83.0 Å². The normalized spacial score (nSPS) is 12.7. The lowest BCUT2D eigenvalue weighted by molar-refractivity contribution is 1.53. The average molecular weight is 763 g/mol. The summed E-state index contributed by atoms with van der Waals surface area (Å²) in [6.07, 6.45) is 22.5. The van der Waals surface area contributed by atoms with Gasteiger partial charge in [0.25, 0.3) is 0 Å². The van der Waals surface area contributed by atoms with E-state index >= 15 is 0 Å². The molecule has 0 spiro atoms. The van der Waals surface area contributed by atoms with Gasteiger partial charge in [0, 0.05) is 0 Å². The van der Waals surface area contributed by atoms with E-state index in [9.17, 15) is 0 Å². The highest BCUT2D eigenvalue weighted by Crippen LogP contribution is 2.37. The Morgan fingerprint density at radius 2 is 0.617 bits per heavy atom. The molecule has 0 aliphatic heterocycles. The molecule has 0 unspecified atom stereocenters. The maximum Gasteiger partial charge on any atom is -0.00934 e. The smallest absolute Gasteiger partial charge is 0.00934 e. The quantitative estimate of drug-likeness (QED) is 0.142. The summed E-state index contributed by atoms with van der Waals surface area (Å²) in [4.78, 5) is 0. The van der Waals surface area contributed by atoms with Gasteiger partial charge in [-0.1, -0.05) is 237 Å². The van der Waals surface area contributed by atoms with Gasteiger partial charge < -0.3 is 0 Å². The number of hydrogen-bond donors (Lipinski definition) is 0. The van der Waals surface area contributed by atoms with Crippen LogP contribution in [0.5, 0.6) is 0 Å². The third kappa shape index (κ3) is 7.75. The Morgan fingerprint density at radius 3 is 1.05 bits per heavy atom. The summed E-state index contributed by atoms with van der Waals surface area (Å²) >= 11 is 0. The predicted octanol–water partition coefficient (Wildman–Crippen LogP) is 15.8. The highest BCUT2D eigenvalue weighted by Gasteiger charge is 2.16. The second-order valence-electron chi connectivity index (χ2n) is 15.3. The summed E-state index contributed by atoms with van der Waals surface area (Å²) in [5.74, 6) is 0. The van der Waals surface area contributed by atoms with Gasteiger partial charge in [-0.3, -0.25) is 0 Å². The monoisotopic (exact) mass is 762 g/mol. The van der Waals surface area contributed by atoms with E-state index in [2.05, 4.69) is 255 Å². The van der Waals surface area contributed by atoms with Gasteiger partial charge in [-0.2, -0.15) is 0 Å². The number of fused-ring (bicyclic) bond motifs is 4. The van der Waals surface area contributed by atoms with Crippen molar-refractivity contribution in [3.8, 4) is 11.1 Å². The fourth-order valence-electron chi connectivity index (χ4n) is 8.30. The Hall–Kier alpha value is -7.80. The first-order chi connectivity index (χ1) is 29.7. The summed E-state index contributed by atoms with van der Waals surface area (Å²) < 4.78 is 0. The van der Waals surface area contributed by atoms with Crippen molar-refractivity contribution < 1.29 is 0 Å². The molecule has 0 radical (unpaired) electrons. The number of benzene rings is 8. The van der Waals surface area contributed by atoms with Gasteiger partial charge in [0.2, 0.25) is 0 Å². The first-order valence-corrected chi connectivity index (χ1v) is 20.6. The van der Waals surface area contributed by atoms with Gasteiger partial charge in [0.15, 0.2) is 0 Å². The van der Waals surface area contributed by atoms with Crippen molar-refractivity contribution in [2.75, 3.05) is 0 Å². The van der Waals surface area contributed by atoms with Crippen LogP contribution < -0.4 is 0 Å². The molecular weight excluding hydrogens is 721 g/mol. The van der Waals surface area contributed by atoms with E-state index in [0.717, 1.165) is 16.7 Å². The summed E-state index contributed by atoms with van der Waals surface area (Å²) in [7, 11) is 0. The molecule has 0 heterocycles. The minimum absolute atomic E-state index is 1.15. The Balaban J connectivity index is 0.934. The molecule has 0 aromatic heterocycles. The van der Waals surface area contributed by atoms with Crippen molar-refractivity contribution >= 4 is 71.9 Å². The van der Waals surface area contributed by atoms with Crippen molar-refractivity contribution in [3.63, 3.8) is 0 Å². The summed E-state index contributed by atoms with van der Waals surface area (Å²) in [6.45, 7) is 0. The van der Waals surface area contributed by atoms with E-state index in [1.54, 1.807) is 0 Å². The van der Waals surface area contributed by atoms with Crippen molar-refractivity contribution in [3.05, 3.63) is 272 Å². The van der Waals surface area contributed by atoms with Crippen molar-refractivity contribution in [1.29, 1.82) is 0 Å². The zero-order chi connectivity index (χ0) is 40.1. The molecule has 2 aliphatic rings. The third-order valence-electron chi connectivity index (χ3n) is 11.5. The topological polar surface area (TPSA) is 0 Å². The average Bonchev–Trinajstić information content (AvgIpc) is 3.57. The first-order valence-electron chi connectivity index (χ1n) is 20.6. The maximum atomic E-state index is 2.32. The zero-order valence-corrected chi connectivity index (χ0v) is 33.2. The molecule has 0 heteroatoms. The number of hydrogen-bond acceptors (Lipinski definition) is 0. The highest BCUT2D eigenvalue weighted by molar-refractivity contribution is 6.01. The molecule has 0 saturated carbocycles. The molecule has 10 rings (SSSR count). The highest BCUT2D eigenvalue weighted by atomic mass is 14.2. The lowest BCUT2D eigenvalue weighted by Crippen LogP contribution is -1.92. The molecule has 2 aliphatic carbocycles. The van der Waals surface area contributed by atoms with Crippen LogP contribution >= 0.6 is 0 Å². The van der Waals surface area contributed by atoms with Gasteiger partial charge in [-0.25, -0.2) is 0 Å². The summed E-state index contributed by atoms with van der Waals surface area (Å²) in [5.41, 5.74) is 21.8. The van der Waals surface area contributed by atoms with Gasteiger partial charge in [-0.15, -0.1) is 0 Å². The second kappa shape index (κ2) is 16.6. The van der Waals surface area contributed by atoms with E-state index in [0.29, 0.717) is 0 Å². The molecule has 8 aromatic rings.